The van der Waals surface area contributed by atoms with Gasteiger partial charge in [0.25, 0.3) is 0 Å². The van der Waals surface area contributed by atoms with Crippen molar-refractivity contribution in [3.05, 3.63) is 11.1 Å². The number of thioether (sulfide) groups is 1. The predicted molar refractivity (Wildman–Crippen MR) is 77.2 cm³/mol. The van der Waals surface area contributed by atoms with E-state index in [9.17, 15) is 4.79 Å². The minimum atomic E-state index is 0.257. The summed E-state index contributed by atoms with van der Waals surface area (Å²) in [6, 6.07) is 0.778. The number of rotatable bonds is 3. The molecule has 0 bridgehead atoms. The fourth-order valence-corrected chi connectivity index (χ4v) is 4.23. The van der Waals surface area contributed by atoms with Gasteiger partial charge in [-0.05, 0) is 40.0 Å². The Hall–Kier alpha value is -0.550. The third-order valence-corrected chi connectivity index (χ3v) is 5.52. The summed E-state index contributed by atoms with van der Waals surface area (Å²) in [7, 11) is 0. The Morgan fingerprint density at radius 3 is 2.72 bits per heavy atom. The van der Waals surface area contributed by atoms with Crippen LogP contribution in [0, 0.1) is 6.92 Å². The quantitative estimate of drug-likeness (QED) is 0.798. The zero-order chi connectivity index (χ0) is 13.1. The first-order valence-corrected chi connectivity index (χ1v) is 8.30. The first-order valence-electron chi connectivity index (χ1n) is 6.44. The van der Waals surface area contributed by atoms with Crippen LogP contribution >= 0.6 is 23.1 Å². The highest BCUT2D eigenvalue weighted by atomic mass is 32.2. The van der Waals surface area contributed by atoms with Gasteiger partial charge in [0.1, 0.15) is 0 Å². The molecule has 0 N–H and O–H groups in total. The van der Waals surface area contributed by atoms with Gasteiger partial charge in [-0.3, -0.25) is 4.79 Å². The van der Waals surface area contributed by atoms with Gasteiger partial charge in [-0.1, -0.05) is 11.8 Å². The molecular formula is C13H20N2OS2. The SMILES string of the molecule is Cc1csc(SCC(=O)N2[C@H](C)CCC[C@@H]2C)n1. The van der Waals surface area contributed by atoms with Gasteiger partial charge in [0.05, 0.1) is 5.75 Å². The number of aromatic nitrogens is 1. The second kappa shape index (κ2) is 6.06. The van der Waals surface area contributed by atoms with E-state index in [2.05, 4.69) is 23.7 Å². The van der Waals surface area contributed by atoms with Gasteiger partial charge in [-0.25, -0.2) is 4.98 Å². The Kier molecular flexibility index (Phi) is 4.67. The molecule has 1 aromatic rings. The maximum absolute atomic E-state index is 12.3. The molecule has 0 radical (unpaired) electrons. The number of carbonyl (C=O) groups is 1. The fourth-order valence-electron chi connectivity index (χ4n) is 2.51. The van der Waals surface area contributed by atoms with Crippen LogP contribution in [0.15, 0.2) is 9.72 Å². The maximum Gasteiger partial charge on any atom is 0.233 e. The summed E-state index contributed by atoms with van der Waals surface area (Å²) in [5.41, 5.74) is 1.04. The first-order chi connectivity index (χ1) is 8.58. The summed E-state index contributed by atoms with van der Waals surface area (Å²) in [5.74, 6) is 0.773. The molecule has 0 unspecified atom stereocenters. The molecule has 0 aromatic carbocycles. The molecular weight excluding hydrogens is 264 g/mol. The van der Waals surface area contributed by atoms with E-state index in [0.29, 0.717) is 17.8 Å². The van der Waals surface area contributed by atoms with Crippen LogP contribution in [0.1, 0.15) is 38.8 Å². The van der Waals surface area contributed by atoms with Gasteiger partial charge in [0, 0.05) is 23.2 Å². The summed E-state index contributed by atoms with van der Waals surface area (Å²) in [6.07, 6.45) is 3.51. The standard InChI is InChI=1S/C13H20N2OS2/c1-9-7-17-13(14-9)18-8-12(16)15-10(2)5-4-6-11(15)3/h7,10-11H,4-6,8H2,1-3H3/t10-,11+. The van der Waals surface area contributed by atoms with E-state index < -0.39 is 0 Å². The molecule has 1 amide bonds. The second-order valence-corrected chi connectivity index (χ2v) is 7.05. The monoisotopic (exact) mass is 284 g/mol. The highest BCUT2D eigenvalue weighted by molar-refractivity contribution is 8.01. The van der Waals surface area contributed by atoms with E-state index in [1.807, 2.05) is 12.3 Å². The molecule has 3 nitrogen and oxygen atoms in total. The number of nitrogens with zero attached hydrogens (tertiary/aromatic N) is 2. The van der Waals surface area contributed by atoms with Crippen molar-refractivity contribution in [2.24, 2.45) is 0 Å². The Morgan fingerprint density at radius 2 is 2.17 bits per heavy atom. The molecule has 18 heavy (non-hydrogen) atoms. The Balaban J connectivity index is 1.90. The minimum Gasteiger partial charge on any atom is -0.337 e. The van der Waals surface area contributed by atoms with Crippen molar-refractivity contribution in [2.75, 3.05) is 5.75 Å². The summed E-state index contributed by atoms with van der Waals surface area (Å²) in [4.78, 5) is 18.7. The van der Waals surface area contributed by atoms with Gasteiger partial charge >= 0.3 is 0 Å². The highest BCUT2D eigenvalue weighted by Crippen LogP contribution is 2.26. The fraction of sp³-hybridized carbons (Fsp3) is 0.692. The summed E-state index contributed by atoms with van der Waals surface area (Å²) in [6.45, 7) is 6.30. The maximum atomic E-state index is 12.3. The number of hydrogen-bond acceptors (Lipinski definition) is 4. The molecule has 2 rings (SSSR count). The van der Waals surface area contributed by atoms with Crippen LogP contribution in [-0.4, -0.2) is 33.6 Å². The van der Waals surface area contributed by atoms with Crippen molar-refractivity contribution in [3.63, 3.8) is 0 Å². The first kappa shape index (κ1) is 13.9. The molecule has 1 aliphatic heterocycles. The summed E-state index contributed by atoms with van der Waals surface area (Å²) >= 11 is 3.18. The minimum absolute atomic E-state index is 0.257. The molecule has 1 saturated heterocycles. The molecule has 0 aliphatic carbocycles. The molecule has 0 spiro atoms. The molecule has 100 valence electrons. The van der Waals surface area contributed by atoms with Gasteiger partial charge in [-0.2, -0.15) is 0 Å². The zero-order valence-corrected chi connectivity index (χ0v) is 12.8. The average molecular weight is 284 g/mol. The van der Waals surface area contributed by atoms with Crippen molar-refractivity contribution in [3.8, 4) is 0 Å². The third kappa shape index (κ3) is 3.26. The number of thiazole rings is 1. The lowest BCUT2D eigenvalue weighted by atomic mass is 9.98. The van der Waals surface area contributed by atoms with E-state index in [1.165, 1.54) is 6.42 Å². The van der Waals surface area contributed by atoms with Gasteiger partial charge < -0.3 is 4.90 Å². The topological polar surface area (TPSA) is 33.2 Å². The highest BCUT2D eigenvalue weighted by Gasteiger charge is 2.28. The van der Waals surface area contributed by atoms with Gasteiger partial charge in [-0.15, -0.1) is 11.3 Å². The Labute approximate surface area is 117 Å². The number of aryl methyl sites for hydroxylation is 1. The lowest BCUT2D eigenvalue weighted by Crippen LogP contribution is -2.48. The van der Waals surface area contributed by atoms with Crippen LogP contribution in [0.2, 0.25) is 0 Å². The van der Waals surface area contributed by atoms with E-state index in [0.717, 1.165) is 22.9 Å². The summed E-state index contributed by atoms with van der Waals surface area (Å²) < 4.78 is 0.998. The molecule has 1 aliphatic rings. The van der Waals surface area contributed by atoms with E-state index >= 15 is 0 Å². The number of carbonyl (C=O) groups excluding carboxylic acids is 1. The van der Waals surface area contributed by atoms with Crippen molar-refractivity contribution in [1.29, 1.82) is 0 Å². The van der Waals surface area contributed by atoms with Gasteiger partial charge in [0.15, 0.2) is 4.34 Å². The lowest BCUT2D eigenvalue weighted by Gasteiger charge is -2.39. The van der Waals surface area contributed by atoms with Crippen LogP contribution in [0.5, 0.6) is 0 Å². The number of hydrogen-bond donors (Lipinski definition) is 0. The van der Waals surface area contributed by atoms with E-state index in [1.54, 1.807) is 23.1 Å². The normalized spacial score (nSPS) is 24.3. The Bertz CT molecular complexity index is 409. The molecule has 5 heteroatoms. The molecule has 1 aromatic heterocycles. The van der Waals surface area contributed by atoms with Crippen molar-refractivity contribution >= 4 is 29.0 Å². The number of piperidine rings is 1. The number of likely N-dealkylation sites (tertiary alicyclic amines) is 1. The summed E-state index contributed by atoms with van der Waals surface area (Å²) in [5, 5.41) is 2.03. The second-order valence-electron chi connectivity index (χ2n) is 4.97. The molecule has 2 atom stereocenters. The molecule has 1 fully saturated rings. The van der Waals surface area contributed by atoms with Gasteiger partial charge in [0.2, 0.25) is 5.91 Å². The average Bonchev–Trinajstić information content (AvgIpc) is 2.72. The van der Waals surface area contributed by atoms with Crippen molar-refractivity contribution < 1.29 is 4.79 Å². The molecule has 2 heterocycles. The zero-order valence-electron chi connectivity index (χ0n) is 11.2. The van der Waals surface area contributed by atoms with Crippen molar-refractivity contribution in [1.82, 2.24) is 9.88 Å². The van der Waals surface area contributed by atoms with Crippen LogP contribution < -0.4 is 0 Å². The largest absolute Gasteiger partial charge is 0.337 e. The molecule has 0 saturated carbocycles. The van der Waals surface area contributed by atoms with Crippen LogP contribution in [0.25, 0.3) is 0 Å². The van der Waals surface area contributed by atoms with Crippen LogP contribution in [-0.2, 0) is 4.79 Å². The lowest BCUT2D eigenvalue weighted by molar-refractivity contribution is -0.134. The van der Waals surface area contributed by atoms with Crippen molar-refractivity contribution in [2.45, 2.75) is 56.5 Å². The smallest absolute Gasteiger partial charge is 0.233 e. The van der Waals surface area contributed by atoms with Crippen LogP contribution in [0.4, 0.5) is 0 Å². The Morgan fingerprint density at radius 1 is 1.50 bits per heavy atom. The predicted octanol–water partition coefficient (Wildman–Crippen LogP) is 3.33. The van der Waals surface area contributed by atoms with E-state index in [4.69, 9.17) is 0 Å². The van der Waals surface area contributed by atoms with E-state index in [-0.39, 0.29) is 5.91 Å². The number of amides is 1. The third-order valence-electron chi connectivity index (χ3n) is 3.40. The van der Waals surface area contributed by atoms with Crippen LogP contribution in [0.3, 0.4) is 0 Å².